The molecule has 0 heterocycles. The lowest BCUT2D eigenvalue weighted by Crippen LogP contribution is -2.14. The van der Waals surface area contributed by atoms with Crippen LogP contribution in [0.3, 0.4) is 0 Å². The van der Waals surface area contributed by atoms with Gasteiger partial charge in [0.25, 0.3) is 0 Å². The number of rotatable bonds is 5. The van der Waals surface area contributed by atoms with Crippen LogP contribution in [0.25, 0.3) is 0 Å². The summed E-state index contributed by atoms with van der Waals surface area (Å²) in [7, 11) is 0. The monoisotopic (exact) mass is 318 g/mol. The van der Waals surface area contributed by atoms with Crippen molar-refractivity contribution in [1.29, 1.82) is 0 Å². The maximum atomic E-state index is 10.2. The molecule has 0 fully saturated rings. The third kappa shape index (κ3) is 4.19. The Labute approximate surface area is 123 Å². The summed E-state index contributed by atoms with van der Waals surface area (Å²) in [5.41, 5.74) is 3.68. The van der Waals surface area contributed by atoms with Gasteiger partial charge in [0, 0.05) is 4.47 Å². The van der Waals surface area contributed by atoms with Gasteiger partial charge in [-0.3, -0.25) is 0 Å². The zero-order valence-electron chi connectivity index (χ0n) is 11.1. The molecule has 2 aromatic rings. The summed E-state index contributed by atoms with van der Waals surface area (Å²) in [6.45, 7) is 2.15. The van der Waals surface area contributed by atoms with Crippen molar-refractivity contribution in [3.05, 3.63) is 69.7 Å². The van der Waals surface area contributed by atoms with Crippen LogP contribution < -0.4 is 0 Å². The highest BCUT2D eigenvalue weighted by Gasteiger charge is 2.09. The van der Waals surface area contributed by atoms with Crippen LogP contribution in [0.1, 0.15) is 23.6 Å². The van der Waals surface area contributed by atoms with Crippen LogP contribution in [0.2, 0.25) is 0 Å². The minimum atomic E-state index is -0.342. The molecule has 2 rings (SSSR count). The lowest BCUT2D eigenvalue weighted by Gasteiger charge is -2.12. The molecule has 1 unspecified atom stereocenters. The Morgan fingerprint density at radius 3 is 2.21 bits per heavy atom. The molecular weight excluding hydrogens is 300 g/mol. The van der Waals surface area contributed by atoms with E-state index in [0.717, 1.165) is 16.5 Å². The van der Waals surface area contributed by atoms with E-state index in [4.69, 9.17) is 0 Å². The van der Waals surface area contributed by atoms with E-state index in [-0.39, 0.29) is 6.10 Å². The second kappa shape index (κ2) is 6.88. The molecule has 0 saturated heterocycles. The summed E-state index contributed by atoms with van der Waals surface area (Å²) in [6, 6.07) is 16.6. The summed E-state index contributed by atoms with van der Waals surface area (Å²) in [5, 5.41) is 10.2. The van der Waals surface area contributed by atoms with Crippen molar-refractivity contribution < 1.29 is 5.11 Å². The van der Waals surface area contributed by atoms with E-state index in [1.165, 1.54) is 11.1 Å². The Hall–Kier alpha value is -1.12. The van der Waals surface area contributed by atoms with Crippen molar-refractivity contribution in [2.24, 2.45) is 0 Å². The molecule has 1 N–H and O–H groups in total. The Bertz CT molecular complexity index is 519. The fourth-order valence-corrected chi connectivity index (χ4v) is 2.62. The third-order valence-corrected chi connectivity index (χ3v) is 4.09. The van der Waals surface area contributed by atoms with E-state index >= 15 is 0 Å². The van der Waals surface area contributed by atoms with Crippen LogP contribution in [-0.2, 0) is 19.3 Å². The first-order valence-electron chi connectivity index (χ1n) is 6.68. The van der Waals surface area contributed by atoms with E-state index in [1.807, 2.05) is 24.3 Å². The third-order valence-electron chi connectivity index (χ3n) is 3.32. The molecular formula is C17H19BrO. The Balaban J connectivity index is 1.97. The van der Waals surface area contributed by atoms with Gasteiger partial charge in [-0.05, 0) is 42.0 Å². The zero-order valence-corrected chi connectivity index (χ0v) is 12.7. The smallest absolute Gasteiger partial charge is 0.0621 e. The minimum absolute atomic E-state index is 0.342. The van der Waals surface area contributed by atoms with E-state index in [9.17, 15) is 5.11 Å². The van der Waals surface area contributed by atoms with Crippen LogP contribution in [0.15, 0.2) is 53.0 Å². The molecule has 2 aromatic carbocycles. The van der Waals surface area contributed by atoms with Crippen molar-refractivity contribution in [1.82, 2.24) is 0 Å². The van der Waals surface area contributed by atoms with Crippen LogP contribution >= 0.6 is 15.9 Å². The number of halogens is 1. The fraction of sp³-hybridized carbons (Fsp3) is 0.294. The Morgan fingerprint density at radius 1 is 0.947 bits per heavy atom. The summed E-state index contributed by atoms with van der Waals surface area (Å²) < 4.78 is 1.07. The van der Waals surface area contributed by atoms with E-state index < -0.39 is 0 Å². The molecule has 0 bridgehead atoms. The standard InChI is InChI=1S/C17H19BrO/c1-2-13-7-9-14(10-8-13)11-16(19)12-15-5-3-4-6-17(15)18/h3-10,16,19H,2,11-12H2,1H3. The highest BCUT2D eigenvalue weighted by molar-refractivity contribution is 9.10. The molecule has 0 aliphatic heterocycles. The molecule has 0 aliphatic rings. The second-order valence-corrected chi connectivity index (χ2v) is 5.68. The topological polar surface area (TPSA) is 20.2 Å². The van der Waals surface area contributed by atoms with Crippen molar-refractivity contribution in [2.45, 2.75) is 32.3 Å². The molecule has 0 amide bonds. The molecule has 2 heteroatoms. The van der Waals surface area contributed by atoms with Crippen molar-refractivity contribution in [3.8, 4) is 0 Å². The van der Waals surface area contributed by atoms with Gasteiger partial charge in [-0.25, -0.2) is 0 Å². The predicted molar refractivity (Wildman–Crippen MR) is 83.4 cm³/mol. The number of hydrogen-bond donors (Lipinski definition) is 1. The van der Waals surface area contributed by atoms with Gasteiger partial charge in [-0.1, -0.05) is 65.3 Å². The van der Waals surface area contributed by atoms with Gasteiger partial charge < -0.3 is 5.11 Å². The van der Waals surface area contributed by atoms with Crippen LogP contribution in [0.4, 0.5) is 0 Å². The summed E-state index contributed by atoms with van der Waals surface area (Å²) in [6.07, 6.45) is 2.09. The van der Waals surface area contributed by atoms with Crippen molar-refractivity contribution in [3.63, 3.8) is 0 Å². The van der Waals surface area contributed by atoms with E-state index in [1.54, 1.807) is 0 Å². The molecule has 1 atom stereocenters. The van der Waals surface area contributed by atoms with Gasteiger partial charge in [0.05, 0.1) is 6.10 Å². The van der Waals surface area contributed by atoms with Crippen LogP contribution in [0.5, 0.6) is 0 Å². The highest BCUT2D eigenvalue weighted by Crippen LogP contribution is 2.19. The number of aryl methyl sites for hydroxylation is 1. The summed E-state index contributed by atoms with van der Waals surface area (Å²) >= 11 is 3.52. The zero-order chi connectivity index (χ0) is 13.7. The molecule has 1 nitrogen and oxygen atoms in total. The summed E-state index contributed by atoms with van der Waals surface area (Å²) in [5.74, 6) is 0. The van der Waals surface area contributed by atoms with E-state index in [2.05, 4.69) is 47.1 Å². The van der Waals surface area contributed by atoms with Crippen LogP contribution in [0, 0.1) is 0 Å². The predicted octanol–water partition coefficient (Wildman–Crippen LogP) is 4.16. The first-order chi connectivity index (χ1) is 9.19. The van der Waals surface area contributed by atoms with Gasteiger partial charge in [0.15, 0.2) is 0 Å². The van der Waals surface area contributed by atoms with Crippen LogP contribution in [-0.4, -0.2) is 11.2 Å². The van der Waals surface area contributed by atoms with E-state index in [0.29, 0.717) is 12.8 Å². The quantitative estimate of drug-likeness (QED) is 0.877. The number of hydrogen-bond acceptors (Lipinski definition) is 1. The minimum Gasteiger partial charge on any atom is -0.392 e. The Morgan fingerprint density at radius 2 is 1.58 bits per heavy atom. The SMILES string of the molecule is CCc1ccc(CC(O)Cc2ccccc2Br)cc1. The number of benzene rings is 2. The average Bonchev–Trinajstić information content (AvgIpc) is 2.42. The molecule has 0 radical (unpaired) electrons. The van der Waals surface area contributed by atoms with Gasteiger partial charge in [-0.15, -0.1) is 0 Å². The van der Waals surface area contributed by atoms with Crippen molar-refractivity contribution in [2.75, 3.05) is 0 Å². The second-order valence-electron chi connectivity index (χ2n) is 4.82. The largest absolute Gasteiger partial charge is 0.392 e. The fourth-order valence-electron chi connectivity index (χ4n) is 2.17. The maximum absolute atomic E-state index is 10.2. The van der Waals surface area contributed by atoms with Gasteiger partial charge in [-0.2, -0.15) is 0 Å². The maximum Gasteiger partial charge on any atom is 0.0621 e. The molecule has 19 heavy (non-hydrogen) atoms. The number of aliphatic hydroxyl groups is 1. The van der Waals surface area contributed by atoms with Gasteiger partial charge in [0.1, 0.15) is 0 Å². The number of aliphatic hydroxyl groups excluding tert-OH is 1. The average molecular weight is 319 g/mol. The highest BCUT2D eigenvalue weighted by atomic mass is 79.9. The first-order valence-corrected chi connectivity index (χ1v) is 7.47. The summed E-state index contributed by atoms with van der Waals surface area (Å²) in [4.78, 5) is 0. The molecule has 100 valence electrons. The molecule has 0 spiro atoms. The lowest BCUT2D eigenvalue weighted by atomic mass is 10.0. The van der Waals surface area contributed by atoms with Gasteiger partial charge in [0.2, 0.25) is 0 Å². The molecule has 0 aromatic heterocycles. The normalized spacial score (nSPS) is 12.4. The molecule has 0 saturated carbocycles. The lowest BCUT2D eigenvalue weighted by molar-refractivity contribution is 0.175. The molecule has 0 aliphatic carbocycles. The van der Waals surface area contributed by atoms with Gasteiger partial charge >= 0.3 is 0 Å². The van der Waals surface area contributed by atoms with Crippen molar-refractivity contribution >= 4 is 15.9 Å². The first kappa shape index (κ1) is 14.3. The Kier molecular flexibility index (Phi) is 5.17.